The van der Waals surface area contributed by atoms with Gasteiger partial charge in [-0.15, -0.1) is 0 Å². The Kier molecular flexibility index (Phi) is 12.5. The highest BCUT2D eigenvalue weighted by atomic mass is 32.1. The van der Waals surface area contributed by atoms with Gasteiger partial charge in [0, 0.05) is 13.1 Å². The third-order valence-corrected chi connectivity index (χ3v) is 4.68. The molecular formula is C21H36N2S. The maximum absolute atomic E-state index is 5.33. The van der Waals surface area contributed by atoms with Crippen LogP contribution < -0.4 is 10.6 Å². The van der Waals surface area contributed by atoms with Gasteiger partial charge in [0.25, 0.3) is 0 Å². The fourth-order valence-electron chi connectivity index (χ4n) is 2.77. The smallest absolute Gasteiger partial charge is 0.166 e. The Labute approximate surface area is 154 Å². The molecule has 0 aliphatic heterocycles. The minimum Gasteiger partial charge on any atom is -0.363 e. The Morgan fingerprint density at radius 3 is 1.92 bits per heavy atom. The number of hydrogen-bond acceptors (Lipinski definition) is 1. The van der Waals surface area contributed by atoms with Gasteiger partial charge >= 0.3 is 0 Å². The molecule has 0 radical (unpaired) electrons. The van der Waals surface area contributed by atoms with Crippen LogP contribution in [-0.4, -0.2) is 11.7 Å². The second-order valence-electron chi connectivity index (χ2n) is 6.78. The van der Waals surface area contributed by atoms with E-state index in [9.17, 15) is 0 Å². The van der Waals surface area contributed by atoms with Gasteiger partial charge in [0.15, 0.2) is 5.11 Å². The molecule has 0 fully saturated rings. The summed E-state index contributed by atoms with van der Waals surface area (Å²) in [6.45, 7) is 6.16. The third kappa shape index (κ3) is 11.4. The lowest BCUT2D eigenvalue weighted by Gasteiger charge is -2.10. The number of thiocarbonyl (C=S) groups is 1. The molecule has 0 unspecified atom stereocenters. The highest BCUT2D eigenvalue weighted by Crippen LogP contribution is 2.10. The van der Waals surface area contributed by atoms with Crippen molar-refractivity contribution in [2.45, 2.75) is 84.6 Å². The van der Waals surface area contributed by atoms with Gasteiger partial charge < -0.3 is 10.6 Å². The maximum atomic E-state index is 5.33. The molecule has 0 atom stereocenters. The summed E-state index contributed by atoms with van der Waals surface area (Å²) in [5.74, 6) is 0. The monoisotopic (exact) mass is 348 g/mol. The predicted octanol–water partition coefficient (Wildman–Crippen LogP) is 5.88. The quantitative estimate of drug-likeness (QED) is 0.344. The number of unbranched alkanes of at least 4 members (excludes halogenated alkanes) is 9. The number of nitrogens with one attached hydrogen (secondary N) is 2. The molecule has 3 heteroatoms. The minimum atomic E-state index is 0.770. The lowest BCUT2D eigenvalue weighted by Crippen LogP contribution is -2.35. The van der Waals surface area contributed by atoms with Crippen molar-refractivity contribution in [2.24, 2.45) is 0 Å². The van der Waals surface area contributed by atoms with E-state index in [0.717, 1.165) is 18.2 Å². The van der Waals surface area contributed by atoms with Crippen LogP contribution >= 0.6 is 12.2 Å². The standard InChI is InChI=1S/C21H36N2S/c1-3-4-5-6-7-8-9-10-11-12-17-22-21(24)23-18-20-15-13-19(2)14-16-20/h13-16H,3-12,17-18H2,1-2H3,(H2,22,23,24). The zero-order valence-electron chi connectivity index (χ0n) is 15.7. The molecule has 24 heavy (non-hydrogen) atoms. The fourth-order valence-corrected chi connectivity index (χ4v) is 2.94. The van der Waals surface area contributed by atoms with Crippen molar-refractivity contribution < 1.29 is 0 Å². The van der Waals surface area contributed by atoms with Crippen molar-refractivity contribution in [3.05, 3.63) is 35.4 Å². The summed E-state index contributed by atoms with van der Waals surface area (Å²) in [7, 11) is 0. The maximum Gasteiger partial charge on any atom is 0.166 e. The van der Waals surface area contributed by atoms with E-state index >= 15 is 0 Å². The van der Waals surface area contributed by atoms with Crippen LogP contribution in [0.5, 0.6) is 0 Å². The van der Waals surface area contributed by atoms with E-state index in [1.54, 1.807) is 0 Å². The number of rotatable bonds is 13. The molecule has 0 aliphatic carbocycles. The Hall–Kier alpha value is -1.09. The molecule has 0 aromatic heterocycles. The van der Waals surface area contributed by atoms with Crippen LogP contribution in [0.2, 0.25) is 0 Å². The van der Waals surface area contributed by atoms with Crippen LogP contribution in [0, 0.1) is 6.92 Å². The highest BCUT2D eigenvalue weighted by molar-refractivity contribution is 7.80. The molecule has 0 saturated heterocycles. The van der Waals surface area contributed by atoms with Gasteiger partial charge in [-0.25, -0.2) is 0 Å². The van der Waals surface area contributed by atoms with Crippen LogP contribution in [-0.2, 0) is 6.54 Å². The van der Waals surface area contributed by atoms with E-state index in [1.165, 1.54) is 75.3 Å². The van der Waals surface area contributed by atoms with E-state index in [1.807, 2.05) is 0 Å². The molecule has 0 spiro atoms. The van der Waals surface area contributed by atoms with Gasteiger partial charge in [-0.1, -0.05) is 94.5 Å². The molecule has 0 amide bonds. The topological polar surface area (TPSA) is 24.1 Å². The first kappa shape index (κ1) is 21.0. The van der Waals surface area contributed by atoms with Gasteiger partial charge in [-0.2, -0.15) is 0 Å². The summed E-state index contributed by atoms with van der Waals surface area (Å²) in [6, 6.07) is 8.56. The average Bonchev–Trinajstić information content (AvgIpc) is 2.59. The first-order valence-electron chi connectivity index (χ1n) is 9.79. The third-order valence-electron chi connectivity index (χ3n) is 4.39. The SMILES string of the molecule is CCCCCCCCCCCCNC(=S)NCc1ccc(C)cc1. The van der Waals surface area contributed by atoms with Crippen LogP contribution in [0.3, 0.4) is 0 Å². The second-order valence-corrected chi connectivity index (χ2v) is 7.19. The largest absolute Gasteiger partial charge is 0.363 e. The van der Waals surface area contributed by atoms with Gasteiger partial charge in [0.2, 0.25) is 0 Å². The van der Waals surface area contributed by atoms with E-state index < -0.39 is 0 Å². The van der Waals surface area contributed by atoms with Gasteiger partial charge in [0.05, 0.1) is 0 Å². The lowest BCUT2D eigenvalue weighted by molar-refractivity contribution is 0.554. The Morgan fingerprint density at radius 1 is 0.792 bits per heavy atom. The van der Waals surface area contributed by atoms with Crippen LogP contribution in [0.1, 0.15) is 82.3 Å². The molecular weight excluding hydrogens is 312 g/mol. The van der Waals surface area contributed by atoms with E-state index in [2.05, 4.69) is 48.7 Å². The van der Waals surface area contributed by atoms with Crippen molar-refractivity contribution in [3.63, 3.8) is 0 Å². The Balaban J connectivity index is 1.88. The summed E-state index contributed by atoms with van der Waals surface area (Å²) in [6.07, 6.45) is 13.7. The molecule has 0 heterocycles. The minimum absolute atomic E-state index is 0.770. The first-order valence-corrected chi connectivity index (χ1v) is 10.2. The molecule has 1 aromatic rings. The molecule has 2 N–H and O–H groups in total. The molecule has 0 aliphatic rings. The summed E-state index contributed by atoms with van der Waals surface area (Å²) in [4.78, 5) is 0. The van der Waals surface area contributed by atoms with Crippen molar-refractivity contribution in [2.75, 3.05) is 6.54 Å². The van der Waals surface area contributed by atoms with Crippen molar-refractivity contribution in [1.82, 2.24) is 10.6 Å². The van der Waals surface area contributed by atoms with Crippen molar-refractivity contribution in [3.8, 4) is 0 Å². The molecule has 2 nitrogen and oxygen atoms in total. The number of benzene rings is 1. The molecule has 1 aromatic carbocycles. The first-order chi connectivity index (χ1) is 11.7. The summed E-state index contributed by atoms with van der Waals surface area (Å²) in [5, 5.41) is 7.35. The number of hydrogen-bond donors (Lipinski definition) is 2. The Morgan fingerprint density at radius 2 is 1.33 bits per heavy atom. The van der Waals surface area contributed by atoms with Crippen molar-refractivity contribution in [1.29, 1.82) is 0 Å². The molecule has 0 bridgehead atoms. The van der Waals surface area contributed by atoms with Gasteiger partial charge in [-0.3, -0.25) is 0 Å². The van der Waals surface area contributed by atoms with E-state index in [0.29, 0.717) is 0 Å². The van der Waals surface area contributed by atoms with Gasteiger partial charge in [-0.05, 0) is 31.1 Å². The summed E-state index contributed by atoms with van der Waals surface area (Å²) >= 11 is 5.33. The number of aryl methyl sites for hydroxylation is 1. The zero-order valence-corrected chi connectivity index (χ0v) is 16.5. The Bertz CT molecular complexity index is 428. The second kappa shape index (κ2) is 14.3. The van der Waals surface area contributed by atoms with Crippen LogP contribution in [0.4, 0.5) is 0 Å². The zero-order chi connectivity index (χ0) is 17.5. The van der Waals surface area contributed by atoms with Crippen molar-refractivity contribution >= 4 is 17.3 Å². The van der Waals surface area contributed by atoms with Crippen LogP contribution in [0.25, 0.3) is 0 Å². The molecule has 1 rings (SSSR count). The fraction of sp³-hybridized carbons (Fsp3) is 0.667. The normalized spacial score (nSPS) is 10.6. The lowest BCUT2D eigenvalue weighted by atomic mass is 10.1. The van der Waals surface area contributed by atoms with Crippen LogP contribution in [0.15, 0.2) is 24.3 Å². The van der Waals surface area contributed by atoms with E-state index in [-0.39, 0.29) is 0 Å². The predicted molar refractivity (Wildman–Crippen MR) is 110 cm³/mol. The summed E-state index contributed by atoms with van der Waals surface area (Å²) in [5.41, 5.74) is 2.56. The highest BCUT2D eigenvalue weighted by Gasteiger charge is 1.97. The molecule has 136 valence electrons. The molecule has 0 saturated carbocycles. The summed E-state index contributed by atoms with van der Waals surface area (Å²) < 4.78 is 0. The van der Waals surface area contributed by atoms with Gasteiger partial charge in [0.1, 0.15) is 0 Å². The average molecular weight is 349 g/mol. The van der Waals surface area contributed by atoms with E-state index in [4.69, 9.17) is 12.2 Å².